The van der Waals surface area contributed by atoms with Crippen LogP contribution in [0.4, 0.5) is 5.69 Å². The van der Waals surface area contributed by atoms with E-state index in [2.05, 4.69) is 12.2 Å². The minimum atomic E-state index is -0.358. The van der Waals surface area contributed by atoms with Gasteiger partial charge in [0.1, 0.15) is 6.61 Å². The molecule has 1 aromatic rings. The Hall–Kier alpha value is -1.10. The summed E-state index contributed by atoms with van der Waals surface area (Å²) >= 11 is 0. The van der Waals surface area contributed by atoms with Crippen molar-refractivity contribution in [3.63, 3.8) is 0 Å². The second-order valence-corrected chi connectivity index (χ2v) is 8.89. The molecule has 1 N–H and O–H groups in total. The maximum absolute atomic E-state index is 12.1. The highest BCUT2D eigenvalue weighted by Crippen LogP contribution is 2.10. The molecule has 12 nitrogen and oxygen atoms in total. The summed E-state index contributed by atoms with van der Waals surface area (Å²) in [5, 5.41) is 3.32. The molecule has 0 bridgehead atoms. The van der Waals surface area contributed by atoms with Gasteiger partial charge in [0.25, 0.3) is 0 Å². The summed E-state index contributed by atoms with van der Waals surface area (Å²) in [7, 11) is 1.64. The van der Waals surface area contributed by atoms with E-state index in [1.54, 1.807) is 19.2 Å². The molecular weight excluding hydrogens is 575 g/mol. The van der Waals surface area contributed by atoms with Gasteiger partial charge in [-0.2, -0.15) is 0 Å². The van der Waals surface area contributed by atoms with Crippen molar-refractivity contribution in [3.05, 3.63) is 29.8 Å². The van der Waals surface area contributed by atoms with Crippen molar-refractivity contribution in [2.24, 2.45) is 0 Å². The van der Waals surface area contributed by atoms with Crippen LogP contribution in [-0.2, 0) is 47.4 Å². The minimum Gasteiger partial charge on any atom is -0.460 e. The molecule has 0 aliphatic heterocycles. The molecule has 13 heteroatoms. The third-order valence-electron chi connectivity index (χ3n) is 5.48. The van der Waals surface area contributed by atoms with Crippen molar-refractivity contribution in [3.8, 4) is 0 Å². The van der Waals surface area contributed by atoms with E-state index in [4.69, 9.17) is 47.4 Å². The average Bonchev–Trinajstić information content (AvgIpc) is 3.01. The lowest BCUT2D eigenvalue weighted by Gasteiger charge is -2.09. The first kappa shape index (κ1) is 41.9. The predicted molar refractivity (Wildman–Crippen MR) is 167 cm³/mol. The fraction of sp³-hybridized carbons (Fsp3) is 0.767. The zero-order chi connectivity index (χ0) is 30.2. The SMILES string of the molecule is CCCCNc1ccc(C(=O)OCCOCCOCCOCCOCCOCCOCCOCCOCCOC)cc1.[MgH2]. The van der Waals surface area contributed by atoms with Crippen molar-refractivity contribution in [2.75, 3.05) is 138 Å². The fourth-order valence-electron chi connectivity index (χ4n) is 3.19. The minimum absolute atomic E-state index is 0. The lowest BCUT2D eigenvalue weighted by Crippen LogP contribution is -2.15. The number of benzene rings is 1. The van der Waals surface area contributed by atoms with Crippen LogP contribution in [0.2, 0.25) is 0 Å². The predicted octanol–water partition coefficient (Wildman–Crippen LogP) is 1.92. The first-order valence-electron chi connectivity index (χ1n) is 14.9. The van der Waals surface area contributed by atoms with Gasteiger partial charge in [-0.15, -0.1) is 0 Å². The fourth-order valence-corrected chi connectivity index (χ4v) is 3.19. The highest BCUT2D eigenvalue weighted by Gasteiger charge is 2.06. The van der Waals surface area contributed by atoms with Crippen LogP contribution in [0.3, 0.4) is 0 Å². The molecule has 0 saturated heterocycles. The van der Waals surface area contributed by atoms with Crippen LogP contribution in [0.5, 0.6) is 0 Å². The molecule has 0 atom stereocenters. The normalized spacial score (nSPS) is 10.9. The number of carbonyl (C=O) groups excluding carboxylic acids is 1. The molecule has 0 unspecified atom stereocenters. The second-order valence-electron chi connectivity index (χ2n) is 8.89. The molecule has 1 rings (SSSR count). The zero-order valence-corrected chi connectivity index (χ0v) is 25.6. The zero-order valence-electron chi connectivity index (χ0n) is 25.6. The number of carbonyl (C=O) groups is 1. The molecule has 0 aliphatic rings. The summed E-state index contributed by atoms with van der Waals surface area (Å²) < 4.78 is 53.5. The number of hydrogen-bond acceptors (Lipinski definition) is 12. The summed E-state index contributed by atoms with van der Waals surface area (Å²) in [6.45, 7) is 11.7. The third kappa shape index (κ3) is 28.1. The topological polar surface area (TPSA) is 121 Å². The van der Waals surface area contributed by atoms with Gasteiger partial charge in [0, 0.05) is 19.3 Å². The number of anilines is 1. The van der Waals surface area contributed by atoms with Gasteiger partial charge in [0.2, 0.25) is 0 Å². The van der Waals surface area contributed by atoms with Gasteiger partial charge in [0.05, 0.1) is 118 Å². The second kappa shape index (κ2) is 33.8. The Kier molecular flexibility index (Phi) is 32.9. The highest BCUT2D eigenvalue weighted by molar-refractivity contribution is 5.89. The Balaban J connectivity index is 0.0000176. The van der Waals surface area contributed by atoms with Crippen LogP contribution in [0, 0.1) is 0 Å². The number of unbranched alkanes of at least 4 members (excludes halogenated alkanes) is 1. The molecular formula is C30H55MgNO11. The average molecular weight is 630 g/mol. The van der Waals surface area contributed by atoms with E-state index in [0.29, 0.717) is 118 Å². The van der Waals surface area contributed by atoms with E-state index in [9.17, 15) is 4.79 Å². The number of nitrogens with one attached hydrogen (secondary N) is 1. The highest BCUT2D eigenvalue weighted by atomic mass is 24.3. The van der Waals surface area contributed by atoms with Crippen LogP contribution in [0.25, 0.3) is 0 Å². The lowest BCUT2D eigenvalue weighted by atomic mass is 10.2. The monoisotopic (exact) mass is 629 g/mol. The van der Waals surface area contributed by atoms with E-state index < -0.39 is 0 Å². The van der Waals surface area contributed by atoms with Crippen molar-refractivity contribution < 1.29 is 52.2 Å². The first-order valence-corrected chi connectivity index (χ1v) is 14.9. The van der Waals surface area contributed by atoms with Gasteiger partial charge in [-0.25, -0.2) is 4.79 Å². The van der Waals surface area contributed by atoms with Gasteiger partial charge >= 0.3 is 29.0 Å². The van der Waals surface area contributed by atoms with Crippen LogP contribution >= 0.6 is 0 Å². The number of methoxy groups -OCH3 is 1. The molecule has 0 amide bonds. The van der Waals surface area contributed by atoms with Crippen LogP contribution < -0.4 is 5.32 Å². The largest absolute Gasteiger partial charge is 0.460 e. The molecule has 0 fully saturated rings. The third-order valence-corrected chi connectivity index (χ3v) is 5.48. The van der Waals surface area contributed by atoms with Gasteiger partial charge in [-0.3, -0.25) is 0 Å². The molecule has 0 heterocycles. The van der Waals surface area contributed by atoms with E-state index in [1.807, 2.05) is 12.1 Å². The Morgan fingerprint density at radius 2 is 0.907 bits per heavy atom. The smallest absolute Gasteiger partial charge is 0.338 e. The maximum atomic E-state index is 12.1. The summed E-state index contributed by atoms with van der Waals surface area (Å²) in [5.41, 5.74) is 1.52. The molecule has 0 radical (unpaired) electrons. The van der Waals surface area contributed by atoms with E-state index >= 15 is 0 Å². The summed E-state index contributed by atoms with van der Waals surface area (Å²) in [6, 6.07) is 7.29. The Morgan fingerprint density at radius 3 is 1.26 bits per heavy atom. The summed E-state index contributed by atoms with van der Waals surface area (Å²) in [6.07, 6.45) is 2.25. The van der Waals surface area contributed by atoms with Gasteiger partial charge in [0.15, 0.2) is 0 Å². The number of hydrogen-bond donors (Lipinski definition) is 1. The molecule has 0 spiro atoms. The van der Waals surface area contributed by atoms with Crippen molar-refractivity contribution in [1.29, 1.82) is 0 Å². The van der Waals surface area contributed by atoms with Crippen LogP contribution in [0.1, 0.15) is 30.1 Å². The standard InChI is InChI=1S/C30H53NO11.Mg.2H/c1-3-4-9-31-29-7-5-28(6-8-29)30(32)42-27-26-41-25-24-40-23-22-39-21-20-38-19-18-37-17-16-36-15-14-35-13-12-34-11-10-33-2;;;/h5-8,31H,3-4,9-27H2,1-2H3;;;. The van der Waals surface area contributed by atoms with Gasteiger partial charge < -0.3 is 52.7 Å². The van der Waals surface area contributed by atoms with Crippen molar-refractivity contribution in [1.82, 2.24) is 0 Å². The number of ether oxygens (including phenoxy) is 10. The van der Waals surface area contributed by atoms with Crippen molar-refractivity contribution >= 4 is 34.7 Å². The van der Waals surface area contributed by atoms with Gasteiger partial charge in [-0.1, -0.05) is 13.3 Å². The van der Waals surface area contributed by atoms with E-state index in [0.717, 1.165) is 25.1 Å². The molecule has 0 aromatic heterocycles. The van der Waals surface area contributed by atoms with E-state index in [1.165, 1.54) is 0 Å². The number of rotatable bonds is 32. The lowest BCUT2D eigenvalue weighted by molar-refractivity contribution is -0.0253. The van der Waals surface area contributed by atoms with E-state index in [-0.39, 0.29) is 35.6 Å². The van der Waals surface area contributed by atoms with Crippen molar-refractivity contribution in [2.45, 2.75) is 19.8 Å². The quantitative estimate of drug-likeness (QED) is 0.0712. The van der Waals surface area contributed by atoms with Crippen LogP contribution in [-0.4, -0.2) is 162 Å². The Labute approximate surface area is 273 Å². The molecule has 43 heavy (non-hydrogen) atoms. The molecule has 248 valence electrons. The number of esters is 1. The van der Waals surface area contributed by atoms with Crippen LogP contribution in [0.15, 0.2) is 24.3 Å². The maximum Gasteiger partial charge on any atom is 0.338 e. The molecule has 1 aromatic carbocycles. The summed E-state index contributed by atoms with van der Waals surface area (Å²) in [4.78, 5) is 12.1. The molecule has 0 aliphatic carbocycles. The Morgan fingerprint density at radius 1 is 0.558 bits per heavy atom. The van der Waals surface area contributed by atoms with Gasteiger partial charge in [-0.05, 0) is 30.7 Å². The molecule has 0 saturated carbocycles. The Bertz CT molecular complexity index is 716. The first-order chi connectivity index (χ1) is 20.8. The summed E-state index contributed by atoms with van der Waals surface area (Å²) in [5.74, 6) is -0.358.